The molecule has 2 rings (SSSR count). The average molecular weight is 325 g/mol. The lowest BCUT2D eigenvalue weighted by atomic mass is 9.94. The molecule has 2 nitrogen and oxygen atoms in total. The summed E-state index contributed by atoms with van der Waals surface area (Å²) in [7, 11) is 0. The van der Waals surface area contributed by atoms with Crippen molar-refractivity contribution in [2.45, 2.75) is 65.3 Å². The van der Waals surface area contributed by atoms with E-state index in [-0.39, 0.29) is 6.61 Å². The summed E-state index contributed by atoms with van der Waals surface area (Å²) in [5.41, 5.74) is 3.68. The molecular weight excluding hydrogens is 294 g/mol. The van der Waals surface area contributed by atoms with Crippen LogP contribution in [-0.4, -0.2) is 22.1 Å². The predicted molar refractivity (Wildman–Crippen MR) is 102 cm³/mol. The van der Waals surface area contributed by atoms with Gasteiger partial charge in [0.05, 0.1) is 6.61 Å². The second kappa shape index (κ2) is 9.00. The van der Waals surface area contributed by atoms with E-state index < -0.39 is 0 Å². The molecule has 2 heteroatoms. The highest BCUT2D eigenvalue weighted by molar-refractivity contribution is 5.26. The van der Waals surface area contributed by atoms with Crippen LogP contribution in [0.15, 0.2) is 54.6 Å². The topological polar surface area (TPSA) is 23.5 Å². The molecule has 1 N–H and O–H groups in total. The van der Waals surface area contributed by atoms with Crippen molar-refractivity contribution in [3.05, 3.63) is 71.3 Å². The summed E-state index contributed by atoms with van der Waals surface area (Å²) in [5.74, 6) is 0. The fourth-order valence-electron chi connectivity index (χ4n) is 3.65. The Labute approximate surface area is 147 Å². The lowest BCUT2D eigenvalue weighted by molar-refractivity contribution is 0.106. The van der Waals surface area contributed by atoms with Gasteiger partial charge in [-0.3, -0.25) is 4.90 Å². The molecule has 2 aromatic rings. The smallest absolute Gasteiger partial charge is 0.0681 e. The summed E-state index contributed by atoms with van der Waals surface area (Å²) >= 11 is 0. The van der Waals surface area contributed by atoms with Gasteiger partial charge in [-0.2, -0.15) is 0 Å². The number of aliphatic hydroxyl groups excluding tert-OH is 1. The van der Waals surface area contributed by atoms with Gasteiger partial charge in [0.1, 0.15) is 0 Å². The Morgan fingerprint density at radius 3 is 2.04 bits per heavy atom. The van der Waals surface area contributed by atoms with Crippen LogP contribution in [0.1, 0.15) is 56.8 Å². The molecule has 0 amide bonds. The molecule has 1 unspecified atom stereocenters. The van der Waals surface area contributed by atoms with Crippen LogP contribution in [0, 0.1) is 0 Å². The van der Waals surface area contributed by atoms with Crippen molar-refractivity contribution >= 4 is 0 Å². The molecule has 0 aliphatic rings. The summed E-state index contributed by atoms with van der Waals surface area (Å²) in [5, 5.41) is 9.50. The Bertz CT molecular complexity index is 598. The van der Waals surface area contributed by atoms with Crippen LogP contribution in [0.4, 0.5) is 0 Å². The van der Waals surface area contributed by atoms with Crippen LogP contribution in [0.3, 0.4) is 0 Å². The molecule has 0 fully saturated rings. The van der Waals surface area contributed by atoms with Crippen LogP contribution in [0.2, 0.25) is 0 Å². The first-order chi connectivity index (χ1) is 11.5. The van der Waals surface area contributed by atoms with Gasteiger partial charge in [-0.25, -0.2) is 0 Å². The number of aliphatic hydroxyl groups is 1. The van der Waals surface area contributed by atoms with E-state index in [0.717, 1.165) is 18.4 Å². The first-order valence-corrected chi connectivity index (χ1v) is 9.04. The molecule has 0 aliphatic carbocycles. The van der Waals surface area contributed by atoms with Crippen LogP contribution >= 0.6 is 0 Å². The summed E-state index contributed by atoms with van der Waals surface area (Å²) < 4.78 is 0. The first-order valence-electron chi connectivity index (χ1n) is 9.04. The molecular formula is C22H31NO. The average Bonchev–Trinajstić information content (AvgIpc) is 2.58. The van der Waals surface area contributed by atoms with Crippen molar-refractivity contribution in [2.75, 3.05) is 0 Å². The highest BCUT2D eigenvalue weighted by atomic mass is 16.3. The van der Waals surface area contributed by atoms with E-state index in [2.05, 4.69) is 81.1 Å². The van der Waals surface area contributed by atoms with Gasteiger partial charge < -0.3 is 5.11 Å². The Morgan fingerprint density at radius 1 is 0.833 bits per heavy atom. The molecule has 0 heterocycles. The number of hydrogen-bond acceptors (Lipinski definition) is 2. The van der Waals surface area contributed by atoms with Crippen molar-refractivity contribution in [2.24, 2.45) is 0 Å². The molecule has 1 atom stereocenters. The minimum Gasteiger partial charge on any atom is -0.392 e. The van der Waals surface area contributed by atoms with Crippen molar-refractivity contribution in [3.8, 4) is 0 Å². The van der Waals surface area contributed by atoms with E-state index in [1.807, 2.05) is 6.07 Å². The van der Waals surface area contributed by atoms with Crippen LogP contribution < -0.4 is 0 Å². The van der Waals surface area contributed by atoms with Crippen molar-refractivity contribution < 1.29 is 5.11 Å². The quantitative estimate of drug-likeness (QED) is 0.740. The number of aryl methyl sites for hydroxylation is 1. The lowest BCUT2D eigenvalue weighted by Gasteiger charge is -2.39. The van der Waals surface area contributed by atoms with E-state index >= 15 is 0 Å². The number of nitrogens with zero attached hydrogens (tertiary/aromatic N) is 1. The number of benzene rings is 2. The monoisotopic (exact) mass is 325 g/mol. The Morgan fingerprint density at radius 2 is 1.46 bits per heavy atom. The van der Waals surface area contributed by atoms with Gasteiger partial charge >= 0.3 is 0 Å². The maximum Gasteiger partial charge on any atom is 0.0681 e. The molecule has 0 aromatic heterocycles. The van der Waals surface area contributed by atoms with E-state index in [0.29, 0.717) is 18.1 Å². The molecule has 0 spiro atoms. The van der Waals surface area contributed by atoms with Gasteiger partial charge in [0, 0.05) is 18.1 Å². The summed E-state index contributed by atoms with van der Waals surface area (Å²) in [6.07, 6.45) is 2.14. The fraction of sp³-hybridized carbons (Fsp3) is 0.455. The Kier molecular flexibility index (Phi) is 7.01. The third kappa shape index (κ3) is 4.93. The van der Waals surface area contributed by atoms with Gasteiger partial charge in [0.2, 0.25) is 0 Å². The number of hydrogen-bond donors (Lipinski definition) is 1. The second-order valence-electron chi connectivity index (χ2n) is 7.08. The van der Waals surface area contributed by atoms with Crippen molar-refractivity contribution in [3.63, 3.8) is 0 Å². The van der Waals surface area contributed by atoms with Gasteiger partial charge in [0.15, 0.2) is 0 Å². The van der Waals surface area contributed by atoms with E-state index in [1.54, 1.807) is 0 Å². The highest BCUT2D eigenvalue weighted by Crippen LogP contribution is 2.30. The molecule has 0 saturated heterocycles. The third-order valence-corrected chi connectivity index (χ3v) is 4.62. The fourth-order valence-corrected chi connectivity index (χ4v) is 3.65. The Balaban J connectivity index is 2.29. The maximum atomic E-state index is 9.50. The van der Waals surface area contributed by atoms with Crippen molar-refractivity contribution in [1.29, 1.82) is 0 Å². The van der Waals surface area contributed by atoms with Gasteiger partial charge in [-0.15, -0.1) is 0 Å². The summed E-state index contributed by atoms with van der Waals surface area (Å²) in [4.78, 5) is 2.58. The zero-order valence-electron chi connectivity index (χ0n) is 15.4. The molecule has 0 radical (unpaired) electrons. The predicted octanol–water partition coefficient (Wildman–Crippen LogP) is 4.97. The van der Waals surface area contributed by atoms with Crippen LogP contribution in [-0.2, 0) is 13.0 Å². The van der Waals surface area contributed by atoms with E-state index in [1.165, 1.54) is 11.1 Å². The number of rotatable bonds is 8. The standard InChI is InChI=1S/C22H31NO/c1-17(2)23(18(3)4)22(14-13-19-9-6-5-7-10-19)21-12-8-11-20(15-21)16-24/h5-12,15,17-18,22,24H,13-14,16H2,1-4H3. The zero-order chi connectivity index (χ0) is 17.5. The SMILES string of the molecule is CC(C)N(C(C)C)C(CCc1ccccc1)c1cccc(CO)c1. The minimum absolute atomic E-state index is 0.0998. The van der Waals surface area contributed by atoms with Crippen LogP contribution in [0.25, 0.3) is 0 Å². The summed E-state index contributed by atoms with van der Waals surface area (Å²) in [6, 6.07) is 20.4. The minimum atomic E-state index is 0.0998. The van der Waals surface area contributed by atoms with Crippen LogP contribution in [0.5, 0.6) is 0 Å². The van der Waals surface area contributed by atoms with E-state index in [4.69, 9.17) is 0 Å². The largest absolute Gasteiger partial charge is 0.392 e. The molecule has 0 bridgehead atoms. The van der Waals surface area contributed by atoms with E-state index in [9.17, 15) is 5.11 Å². The van der Waals surface area contributed by atoms with Gasteiger partial charge in [-0.1, -0.05) is 54.6 Å². The molecule has 0 aliphatic heterocycles. The Hall–Kier alpha value is -1.64. The maximum absolute atomic E-state index is 9.50. The zero-order valence-corrected chi connectivity index (χ0v) is 15.4. The molecule has 2 aromatic carbocycles. The second-order valence-corrected chi connectivity index (χ2v) is 7.08. The first kappa shape index (κ1) is 18.7. The summed E-state index contributed by atoms with van der Waals surface area (Å²) in [6.45, 7) is 9.18. The third-order valence-electron chi connectivity index (χ3n) is 4.62. The molecule has 0 saturated carbocycles. The lowest BCUT2D eigenvalue weighted by Crippen LogP contribution is -2.40. The highest BCUT2D eigenvalue weighted by Gasteiger charge is 2.25. The molecule has 24 heavy (non-hydrogen) atoms. The van der Waals surface area contributed by atoms with Gasteiger partial charge in [-0.05, 0) is 57.2 Å². The molecule has 130 valence electrons. The van der Waals surface area contributed by atoms with Crippen molar-refractivity contribution in [1.82, 2.24) is 4.90 Å². The normalized spacial score (nSPS) is 13.0. The van der Waals surface area contributed by atoms with Gasteiger partial charge in [0.25, 0.3) is 0 Å².